The second kappa shape index (κ2) is 7.41. The minimum atomic E-state index is 0.192. The van der Waals surface area contributed by atoms with E-state index >= 15 is 0 Å². The molecule has 1 amide bonds. The zero-order valence-corrected chi connectivity index (χ0v) is 10.1. The molecular weight excluding hydrogens is 204 g/mol. The van der Waals surface area contributed by atoms with Gasteiger partial charge >= 0.3 is 0 Å². The highest BCUT2D eigenvalue weighted by Gasteiger charge is 2.21. The first-order chi connectivity index (χ1) is 7.77. The monoisotopic (exact) mass is 226 g/mol. The average Bonchev–Trinajstić information content (AvgIpc) is 2.30. The number of nitrogens with zero attached hydrogens (tertiary/aromatic N) is 1. The molecule has 0 radical (unpaired) electrons. The first kappa shape index (κ1) is 13.2. The highest BCUT2D eigenvalue weighted by molar-refractivity contribution is 5.78. The summed E-state index contributed by atoms with van der Waals surface area (Å²) in [5.41, 5.74) is 0. The fourth-order valence-corrected chi connectivity index (χ4v) is 1.98. The van der Waals surface area contributed by atoms with Gasteiger partial charge in [0.25, 0.3) is 0 Å². The van der Waals surface area contributed by atoms with Gasteiger partial charge in [0, 0.05) is 33.4 Å². The first-order valence-electron chi connectivity index (χ1n) is 5.86. The molecule has 4 heteroatoms. The summed E-state index contributed by atoms with van der Waals surface area (Å²) in [5.74, 6) is 0.813. The summed E-state index contributed by atoms with van der Waals surface area (Å²) in [6.45, 7) is 7.25. The number of ether oxygens (including phenoxy) is 1. The number of rotatable bonds is 6. The second-order valence-corrected chi connectivity index (χ2v) is 4.20. The van der Waals surface area contributed by atoms with Crippen LogP contribution < -0.4 is 5.32 Å². The van der Waals surface area contributed by atoms with Gasteiger partial charge in [0.05, 0.1) is 6.54 Å². The van der Waals surface area contributed by atoms with Crippen LogP contribution in [0.5, 0.6) is 0 Å². The lowest BCUT2D eigenvalue weighted by atomic mass is 9.98. The second-order valence-electron chi connectivity index (χ2n) is 4.20. The maximum atomic E-state index is 11.7. The van der Waals surface area contributed by atoms with Gasteiger partial charge in [-0.05, 0) is 18.8 Å². The maximum Gasteiger partial charge on any atom is 0.236 e. The lowest BCUT2D eigenvalue weighted by Gasteiger charge is -2.31. The van der Waals surface area contributed by atoms with E-state index in [1.807, 2.05) is 4.90 Å². The Hall–Kier alpha value is -0.870. The minimum absolute atomic E-state index is 0.192. The van der Waals surface area contributed by atoms with Gasteiger partial charge in [-0.1, -0.05) is 6.08 Å². The Balaban J connectivity index is 2.19. The van der Waals surface area contributed by atoms with Gasteiger partial charge in [-0.15, -0.1) is 6.58 Å². The lowest BCUT2D eigenvalue weighted by molar-refractivity contribution is -0.131. The number of carbonyl (C=O) groups excluding carboxylic acids is 1. The van der Waals surface area contributed by atoms with Gasteiger partial charge in [0.2, 0.25) is 5.91 Å². The number of likely N-dealkylation sites (tertiary alicyclic amines) is 1. The molecule has 0 aromatic heterocycles. The third-order valence-corrected chi connectivity index (χ3v) is 2.93. The Morgan fingerprint density at radius 1 is 1.56 bits per heavy atom. The average molecular weight is 226 g/mol. The van der Waals surface area contributed by atoms with Crippen molar-refractivity contribution in [1.82, 2.24) is 10.2 Å². The number of nitrogens with one attached hydrogen (secondary N) is 1. The van der Waals surface area contributed by atoms with Crippen molar-refractivity contribution in [2.75, 3.05) is 39.9 Å². The van der Waals surface area contributed by atoms with E-state index in [9.17, 15) is 4.79 Å². The van der Waals surface area contributed by atoms with Crippen molar-refractivity contribution in [2.24, 2.45) is 5.92 Å². The number of piperidine rings is 1. The molecule has 0 aromatic carbocycles. The number of amides is 1. The highest BCUT2D eigenvalue weighted by Crippen LogP contribution is 2.16. The van der Waals surface area contributed by atoms with Crippen LogP contribution in [0.4, 0.5) is 0 Å². The highest BCUT2D eigenvalue weighted by atomic mass is 16.5. The molecule has 0 aromatic rings. The Labute approximate surface area is 97.6 Å². The molecule has 1 rings (SSSR count). The molecule has 4 nitrogen and oxygen atoms in total. The molecule has 16 heavy (non-hydrogen) atoms. The van der Waals surface area contributed by atoms with E-state index in [0.717, 1.165) is 32.5 Å². The maximum absolute atomic E-state index is 11.7. The van der Waals surface area contributed by atoms with Crippen molar-refractivity contribution in [1.29, 1.82) is 0 Å². The molecule has 1 N–H and O–H groups in total. The van der Waals surface area contributed by atoms with Crippen LogP contribution in [0.1, 0.15) is 12.8 Å². The molecule has 0 saturated carbocycles. The molecule has 1 aliphatic heterocycles. The quantitative estimate of drug-likeness (QED) is 0.534. The normalized spacial score (nSPS) is 17.4. The van der Waals surface area contributed by atoms with E-state index in [2.05, 4.69) is 11.9 Å². The first-order valence-corrected chi connectivity index (χ1v) is 5.86. The SMILES string of the molecule is C=CCNCC(=O)N1CCC(COC)CC1. The predicted octanol–water partition coefficient (Wildman–Crippen LogP) is 0.647. The van der Waals surface area contributed by atoms with E-state index in [-0.39, 0.29) is 5.91 Å². The zero-order valence-electron chi connectivity index (χ0n) is 10.1. The van der Waals surface area contributed by atoms with Crippen molar-refractivity contribution in [3.63, 3.8) is 0 Å². The summed E-state index contributed by atoms with van der Waals surface area (Å²) >= 11 is 0. The summed E-state index contributed by atoms with van der Waals surface area (Å²) in [6, 6.07) is 0. The van der Waals surface area contributed by atoms with Crippen molar-refractivity contribution >= 4 is 5.91 Å². The molecule has 92 valence electrons. The number of carbonyl (C=O) groups is 1. The summed E-state index contributed by atoms with van der Waals surface area (Å²) < 4.78 is 5.13. The largest absolute Gasteiger partial charge is 0.384 e. The molecule has 1 heterocycles. The van der Waals surface area contributed by atoms with E-state index in [1.165, 1.54) is 0 Å². The summed E-state index contributed by atoms with van der Waals surface area (Å²) in [4.78, 5) is 13.7. The molecule has 1 saturated heterocycles. The van der Waals surface area contributed by atoms with Crippen molar-refractivity contribution in [3.05, 3.63) is 12.7 Å². The number of hydrogen-bond acceptors (Lipinski definition) is 3. The Morgan fingerprint density at radius 2 is 2.25 bits per heavy atom. The molecule has 0 spiro atoms. The van der Waals surface area contributed by atoms with Crippen LogP contribution >= 0.6 is 0 Å². The van der Waals surface area contributed by atoms with Gasteiger partial charge in [0.15, 0.2) is 0 Å². The van der Waals surface area contributed by atoms with Crippen LogP contribution in [-0.4, -0.2) is 50.7 Å². The molecule has 0 unspecified atom stereocenters. The molecule has 0 bridgehead atoms. The topological polar surface area (TPSA) is 41.6 Å². The van der Waals surface area contributed by atoms with Crippen LogP contribution in [-0.2, 0) is 9.53 Å². The van der Waals surface area contributed by atoms with E-state index in [1.54, 1.807) is 13.2 Å². The van der Waals surface area contributed by atoms with Crippen molar-refractivity contribution < 1.29 is 9.53 Å². The van der Waals surface area contributed by atoms with Crippen LogP contribution in [0.3, 0.4) is 0 Å². The molecule has 1 fully saturated rings. The Bertz CT molecular complexity index is 223. The smallest absolute Gasteiger partial charge is 0.236 e. The van der Waals surface area contributed by atoms with Crippen LogP contribution in [0.15, 0.2) is 12.7 Å². The predicted molar refractivity (Wildman–Crippen MR) is 64.2 cm³/mol. The third kappa shape index (κ3) is 4.33. The lowest BCUT2D eigenvalue weighted by Crippen LogP contribution is -2.43. The summed E-state index contributed by atoms with van der Waals surface area (Å²) in [7, 11) is 1.73. The van der Waals surface area contributed by atoms with Crippen LogP contribution in [0.2, 0.25) is 0 Å². The van der Waals surface area contributed by atoms with Crippen molar-refractivity contribution in [2.45, 2.75) is 12.8 Å². The summed E-state index contributed by atoms with van der Waals surface area (Å²) in [6.07, 6.45) is 3.88. The molecule has 0 aliphatic carbocycles. The van der Waals surface area contributed by atoms with Crippen LogP contribution in [0, 0.1) is 5.92 Å². The Morgan fingerprint density at radius 3 is 2.81 bits per heavy atom. The number of hydrogen-bond donors (Lipinski definition) is 1. The minimum Gasteiger partial charge on any atom is -0.384 e. The Kier molecular flexibility index (Phi) is 6.11. The van der Waals surface area contributed by atoms with Gasteiger partial charge < -0.3 is 15.0 Å². The van der Waals surface area contributed by atoms with E-state index in [0.29, 0.717) is 19.0 Å². The zero-order chi connectivity index (χ0) is 11.8. The molecule has 0 atom stereocenters. The van der Waals surface area contributed by atoms with Gasteiger partial charge in [-0.2, -0.15) is 0 Å². The summed E-state index contributed by atoms with van der Waals surface area (Å²) in [5, 5.41) is 3.03. The van der Waals surface area contributed by atoms with E-state index < -0.39 is 0 Å². The van der Waals surface area contributed by atoms with Gasteiger partial charge in [-0.3, -0.25) is 4.79 Å². The fraction of sp³-hybridized carbons (Fsp3) is 0.750. The van der Waals surface area contributed by atoms with Gasteiger partial charge in [0.1, 0.15) is 0 Å². The van der Waals surface area contributed by atoms with Crippen LogP contribution in [0.25, 0.3) is 0 Å². The standard InChI is InChI=1S/C12H22N2O2/c1-3-6-13-9-12(15)14-7-4-11(5-8-14)10-16-2/h3,11,13H,1,4-10H2,2H3. The van der Waals surface area contributed by atoms with Gasteiger partial charge in [-0.25, -0.2) is 0 Å². The number of methoxy groups -OCH3 is 1. The molecule has 1 aliphatic rings. The fourth-order valence-electron chi connectivity index (χ4n) is 1.98. The third-order valence-electron chi connectivity index (χ3n) is 2.93. The molecular formula is C12H22N2O2. The van der Waals surface area contributed by atoms with E-state index in [4.69, 9.17) is 4.74 Å². The van der Waals surface area contributed by atoms with Crippen molar-refractivity contribution in [3.8, 4) is 0 Å².